The standard InChI is InChI=1S/C21H35NO2/c1-5-21(2,3)17-11-13-20(14-12-17)24-16-19(23)15-22(4)18-9-7-6-8-10-18/h11-14,18-19,23H,5-10,15-16H2,1-4H3/t19-/m0/s1. The van der Waals surface area contributed by atoms with Crippen LogP contribution in [0.3, 0.4) is 0 Å². The number of benzene rings is 1. The van der Waals surface area contributed by atoms with Crippen LogP contribution < -0.4 is 4.74 Å². The van der Waals surface area contributed by atoms with Gasteiger partial charge in [0.25, 0.3) is 0 Å². The van der Waals surface area contributed by atoms with Crippen LogP contribution >= 0.6 is 0 Å². The number of nitrogens with zero attached hydrogens (tertiary/aromatic N) is 1. The second kappa shape index (κ2) is 8.87. The Morgan fingerprint density at radius 1 is 1.17 bits per heavy atom. The van der Waals surface area contributed by atoms with Crippen LogP contribution in [-0.4, -0.2) is 42.4 Å². The minimum absolute atomic E-state index is 0.195. The van der Waals surface area contributed by atoms with E-state index in [-0.39, 0.29) is 5.41 Å². The first-order chi connectivity index (χ1) is 11.4. The van der Waals surface area contributed by atoms with Gasteiger partial charge in [-0.2, -0.15) is 0 Å². The lowest BCUT2D eigenvalue weighted by atomic mass is 9.82. The maximum absolute atomic E-state index is 10.3. The third-order valence-electron chi connectivity index (χ3n) is 5.66. The number of likely N-dealkylation sites (N-methyl/N-ethyl adjacent to an activating group) is 1. The van der Waals surface area contributed by atoms with Crippen molar-refractivity contribution in [3.05, 3.63) is 29.8 Å². The molecule has 0 heterocycles. The molecule has 0 bridgehead atoms. The summed E-state index contributed by atoms with van der Waals surface area (Å²) in [4.78, 5) is 2.31. The molecule has 1 aliphatic rings. The molecule has 1 saturated carbocycles. The number of hydrogen-bond acceptors (Lipinski definition) is 3. The zero-order chi connectivity index (χ0) is 17.6. The van der Waals surface area contributed by atoms with Crippen LogP contribution in [0.4, 0.5) is 0 Å². The van der Waals surface area contributed by atoms with Gasteiger partial charge < -0.3 is 14.7 Å². The fourth-order valence-electron chi connectivity index (χ4n) is 3.45. The molecule has 1 aliphatic carbocycles. The zero-order valence-electron chi connectivity index (χ0n) is 15.9. The molecule has 136 valence electrons. The maximum atomic E-state index is 10.3. The molecular formula is C21H35NO2. The van der Waals surface area contributed by atoms with Gasteiger partial charge in [0.15, 0.2) is 0 Å². The molecule has 0 aromatic heterocycles. The molecule has 1 N–H and O–H groups in total. The van der Waals surface area contributed by atoms with E-state index in [4.69, 9.17) is 4.74 Å². The third-order valence-corrected chi connectivity index (χ3v) is 5.66. The van der Waals surface area contributed by atoms with E-state index in [1.165, 1.54) is 37.7 Å². The van der Waals surface area contributed by atoms with Gasteiger partial charge in [0.05, 0.1) is 0 Å². The summed E-state index contributed by atoms with van der Waals surface area (Å²) in [5.74, 6) is 0.838. The molecule has 0 radical (unpaired) electrons. The molecule has 2 rings (SSSR count). The molecule has 1 atom stereocenters. The van der Waals surface area contributed by atoms with E-state index in [9.17, 15) is 5.11 Å². The minimum Gasteiger partial charge on any atom is -0.491 e. The van der Waals surface area contributed by atoms with Crippen LogP contribution in [0.25, 0.3) is 0 Å². The molecule has 24 heavy (non-hydrogen) atoms. The molecule has 0 aliphatic heterocycles. The van der Waals surface area contributed by atoms with Crippen LogP contribution in [0.1, 0.15) is 64.9 Å². The quantitative estimate of drug-likeness (QED) is 0.766. The highest BCUT2D eigenvalue weighted by atomic mass is 16.5. The van der Waals surface area contributed by atoms with Gasteiger partial charge in [0, 0.05) is 12.6 Å². The Morgan fingerprint density at radius 3 is 2.38 bits per heavy atom. The Morgan fingerprint density at radius 2 is 1.79 bits per heavy atom. The van der Waals surface area contributed by atoms with E-state index in [1.807, 2.05) is 12.1 Å². The lowest BCUT2D eigenvalue weighted by Crippen LogP contribution is -2.40. The van der Waals surface area contributed by atoms with E-state index in [0.29, 0.717) is 19.2 Å². The molecule has 0 spiro atoms. The number of rotatable bonds is 8. The van der Waals surface area contributed by atoms with Crippen LogP contribution in [-0.2, 0) is 5.41 Å². The van der Waals surface area contributed by atoms with Crippen molar-refractivity contribution in [2.45, 2.75) is 76.9 Å². The number of ether oxygens (including phenoxy) is 1. The summed E-state index contributed by atoms with van der Waals surface area (Å²) >= 11 is 0. The second-order valence-electron chi connectivity index (χ2n) is 7.96. The van der Waals surface area contributed by atoms with Crippen LogP contribution in [0.2, 0.25) is 0 Å². The SMILES string of the molecule is CCC(C)(C)c1ccc(OC[C@@H](O)CN(C)C2CCCCC2)cc1. The summed E-state index contributed by atoms with van der Waals surface area (Å²) in [6.07, 6.45) is 7.20. The van der Waals surface area contributed by atoms with Gasteiger partial charge >= 0.3 is 0 Å². The van der Waals surface area contributed by atoms with Crippen molar-refractivity contribution in [1.82, 2.24) is 4.90 Å². The predicted molar refractivity (Wildman–Crippen MR) is 101 cm³/mol. The Hall–Kier alpha value is -1.06. The van der Waals surface area contributed by atoms with Crippen molar-refractivity contribution in [3.63, 3.8) is 0 Å². The molecule has 1 aromatic carbocycles. The normalized spacial score (nSPS) is 17.9. The molecule has 1 fully saturated rings. The van der Waals surface area contributed by atoms with Crippen molar-refractivity contribution in [2.75, 3.05) is 20.2 Å². The van der Waals surface area contributed by atoms with Crippen LogP contribution in [0, 0.1) is 0 Å². The summed E-state index contributed by atoms with van der Waals surface area (Å²) in [6.45, 7) is 7.77. The highest BCUT2D eigenvalue weighted by Gasteiger charge is 2.20. The monoisotopic (exact) mass is 333 g/mol. The van der Waals surface area contributed by atoms with Gasteiger partial charge in [-0.25, -0.2) is 0 Å². The summed E-state index contributed by atoms with van der Waals surface area (Å²) in [5, 5.41) is 10.3. The zero-order valence-corrected chi connectivity index (χ0v) is 15.9. The van der Waals surface area contributed by atoms with Gasteiger partial charge in [-0.3, -0.25) is 0 Å². The first-order valence-corrected chi connectivity index (χ1v) is 9.54. The first kappa shape index (κ1) is 19.3. The first-order valence-electron chi connectivity index (χ1n) is 9.54. The molecule has 0 amide bonds. The van der Waals surface area contributed by atoms with Gasteiger partial charge in [0.2, 0.25) is 0 Å². The minimum atomic E-state index is -0.441. The van der Waals surface area contributed by atoms with Gasteiger partial charge in [-0.15, -0.1) is 0 Å². The summed E-state index contributed by atoms with van der Waals surface area (Å²) in [6, 6.07) is 8.94. The Balaban J connectivity index is 1.77. The van der Waals surface area contributed by atoms with E-state index in [0.717, 1.165) is 12.2 Å². The lowest BCUT2D eigenvalue weighted by Gasteiger charge is -2.32. The smallest absolute Gasteiger partial charge is 0.119 e. The topological polar surface area (TPSA) is 32.7 Å². The second-order valence-corrected chi connectivity index (χ2v) is 7.96. The fourth-order valence-corrected chi connectivity index (χ4v) is 3.45. The highest BCUT2D eigenvalue weighted by Crippen LogP contribution is 2.28. The van der Waals surface area contributed by atoms with Crippen molar-refractivity contribution in [1.29, 1.82) is 0 Å². The van der Waals surface area contributed by atoms with E-state index in [2.05, 4.69) is 44.9 Å². The average molecular weight is 334 g/mol. The van der Waals surface area contributed by atoms with Crippen molar-refractivity contribution >= 4 is 0 Å². The third kappa shape index (κ3) is 5.49. The molecule has 3 nitrogen and oxygen atoms in total. The van der Waals surface area contributed by atoms with Gasteiger partial charge in [0.1, 0.15) is 18.5 Å². The molecular weight excluding hydrogens is 298 g/mol. The predicted octanol–water partition coefficient (Wildman–Crippen LogP) is 4.38. The molecule has 3 heteroatoms. The van der Waals surface area contributed by atoms with E-state index >= 15 is 0 Å². The average Bonchev–Trinajstić information content (AvgIpc) is 2.61. The summed E-state index contributed by atoms with van der Waals surface area (Å²) in [5.41, 5.74) is 1.52. The summed E-state index contributed by atoms with van der Waals surface area (Å²) < 4.78 is 5.78. The van der Waals surface area contributed by atoms with Crippen molar-refractivity contribution < 1.29 is 9.84 Å². The maximum Gasteiger partial charge on any atom is 0.119 e. The van der Waals surface area contributed by atoms with E-state index < -0.39 is 6.10 Å². The number of aliphatic hydroxyl groups excluding tert-OH is 1. The van der Waals surface area contributed by atoms with Crippen molar-refractivity contribution in [2.24, 2.45) is 0 Å². The van der Waals surface area contributed by atoms with Gasteiger partial charge in [-0.1, -0.05) is 52.2 Å². The Bertz CT molecular complexity index is 477. The van der Waals surface area contributed by atoms with E-state index in [1.54, 1.807) is 0 Å². The number of hydrogen-bond donors (Lipinski definition) is 1. The highest BCUT2D eigenvalue weighted by molar-refractivity contribution is 5.31. The Labute approximate surface area is 148 Å². The molecule has 0 saturated heterocycles. The number of aliphatic hydroxyl groups is 1. The summed E-state index contributed by atoms with van der Waals surface area (Å²) in [7, 11) is 2.13. The van der Waals surface area contributed by atoms with Crippen LogP contribution in [0.5, 0.6) is 5.75 Å². The van der Waals surface area contributed by atoms with Gasteiger partial charge in [-0.05, 0) is 49.4 Å². The molecule has 1 aromatic rings. The Kier molecular flexibility index (Phi) is 7.12. The fraction of sp³-hybridized carbons (Fsp3) is 0.714. The largest absolute Gasteiger partial charge is 0.491 e. The molecule has 0 unspecified atom stereocenters. The van der Waals surface area contributed by atoms with Crippen molar-refractivity contribution in [3.8, 4) is 5.75 Å². The lowest BCUT2D eigenvalue weighted by molar-refractivity contribution is 0.0561. The van der Waals surface area contributed by atoms with Crippen LogP contribution in [0.15, 0.2) is 24.3 Å².